The van der Waals surface area contributed by atoms with E-state index in [2.05, 4.69) is 20.8 Å². The minimum Gasteiger partial charge on any atom is -0.398 e. The Morgan fingerprint density at radius 1 is 1.53 bits per heavy atom. The second kappa shape index (κ2) is 5.06. The SMILES string of the molecule is NC(=O)C1CCN(Cc2ccc(Br)cc2N)C1. The highest BCUT2D eigenvalue weighted by molar-refractivity contribution is 9.10. The van der Waals surface area contributed by atoms with E-state index in [1.165, 1.54) is 0 Å². The van der Waals surface area contributed by atoms with Crippen molar-refractivity contribution in [2.45, 2.75) is 13.0 Å². The highest BCUT2D eigenvalue weighted by Gasteiger charge is 2.26. The minimum absolute atomic E-state index is 0.00771. The standard InChI is InChI=1S/C12H16BrN3O/c13-10-2-1-8(11(14)5-10)6-16-4-3-9(7-16)12(15)17/h1-2,5,9H,3-4,6-7,14H2,(H2,15,17). The fourth-order valence-electron chi connectivity index (χ4n) is 2.16. The summed E-state index contributed by atoms with van der Waals surface area (Å²) in [5.74, 6) is -0.206. The summed E-state index contributed by atoms with van der Waals surface area (Å²) < 4.78 is 0.982. The number of carbonyl (C=O) groups excluding carboxylic acids is 1. The normalized spacial score (nSPS) is 20.6. The molecule has 1 aromatic rings. The Morgan fingerprint density at radius 2 is 2.29 bits per heavy atom. The molecule has 1 aromatic carbocycles. The number of benzene rings is 1. The number of hydrogen-bond donors (Lipinski definition) is 2. The molecule has 0 saturated carbocycles. The van der Waals surface area contributed by atoms with E-state index in [1.54, 1.807) is 0 Å². The molecule has 5 heteroatoms. The lowest BCUT2D eigenvalue weighted by Crippen LogP contribution is -2.27. The van der Waals surface area contributed by atoms with Crippen LogP contribution in [0.3, 0.4) is 0 Å². The molecular formula is C12H16BrN3O. The predicted octanol–water partition coefficient (Wildman–Crippen LogP) is 1.34. The Hall–Kier alpha value is -1.07. The fourth-order valence-corrected chi connectivity index (χ4v) is 2.54. The van der Waals surface area contributed by atoms with Crippen LogP contribution in [0.4, 0.5) is 5.69 Å². The molecule has 17 heavy (non-hydrogen) atoms. The van der Waals surface area contributed by atoms with Gasteiger partial charge in [-0.1, -0.05) is 22.0 Å². The van der Waals surface area contributed by atoms with Gasteiger partial charge in [-0.3, -0.25) is 9.69 Å². The molecule has 1 fully saturated rings. The van der Waals surface area contributed by atoms with Crippen molar-refractivity contribution in [2.75, 3.05) is 18.8 Å². The topological polar surface area (TPSA) is 72.4 Å². The van der Waals surface area contributed by atoms with Crippen LogP contribution in [0, 0.1) is 5.92 Å². The molecule has 1 saturated heterocycles. The zero-order chi connectivity index (χ0) is 12.4. The smallest absolute Gasteiger partial charge is 0.221 e. The first kappa shape index (κ1) is 12.4. The largest absolute Gasteiger partial charge is 0.398 e. The maximum atomic E-state index is 11.1. The van der Waals surface area contributed by atoms with Gasteiger partial charge >= 0.3 is 0 Å². The molecule has 0 bridgehead atoms. The molecule has 1 aliphatic heterocycles. The summed E-state index contributed by atoms with van der Waals surface area (Å²) in [6, 6.07) is 5.89. The Morgan fingerprint density at radius 3 is 2.88 bits per heavy atom. The van der Waals surface area contributed by atoms with Crippen LogP contribution < -0.4 is 11.5 Å². The third-order valence-electron chi connectivity index (χ3n) is 3.18. The van der Waals surface area contributed by atoms with Crippen LogP contribution in [0.5, 0.6) is 0 Å². The van der Waals surface area contributed by atoms with E-state index in [0.717, 1.165) is 41.8 Å². The van der Waals surface area contributed by atoms with Crippen LogP contribution in [0.15, 0.2) is 22.7 Å². The van der Waals surface area contributed by atoms with E-state index >= 15 is 0 Å². The van der Waals surface area contributed by atoms with Crippen molar-refractivity contribution in [1.82, 2.24) is 4.90 Å². The molecule has 0 aromatic heterocycles. The molecule has 1 heterocycles. The summed E-state index contributed by atoms with van der Waals surface area (Å²) in [6.45, 7) is 2.43. The molecule has 1 aliphatic rings. The molecule has 1 amide bonds. The third kappa shape index (κ3) is 2.98. The number of halogens is 1. The van der Waals surface area contributed by atoms with Crippen molar-refractivity contribution in [1.29, 1.82) is 0 Å². The molecule has 1 atom stereocenters. The Labute approximate surface area is 109 Å². The van der Waals surface area contributed by atoms with Crippen LogP contribution in [0.25, 0.3) is 0 Å². The number of nitrogens with zero attached hydrogens (tertiary/aromatic N) is 1. The van der Waals surface area contributed by atoms with Gasteiger partial charge in [0, 0.05) is 23.2 Å². The second-order valence-corrected chi connectivity index (χ2v) is 5.38. The van der Waals surface area contributed by atoms with Crippen LogP contribution in [0.1, 0.15) is 12.0 Å². The van der Waals surface area contributed by atoms with Crippen molar-refractivity contribution in [2.24, 2.45) is 11.7 Å². The number of nitrogen functional groups attached to an aromatic ring is 1. The van der Waals surface area contributed by atoms with Gasteiger partial charge in [0.2, 0.25) is 5.91 Å². The number of primary amides is 1. The fraction of sp³-hybridized carbons (Fsp3) is 0.417. The molecule has 0 aliphatic carbocycles. The predicted molar refractivity (Wildman–Crippen MR) is 71.1 cm³/mol. The first-order chi connectivity index (χ1) is 8.06. The van der Waals surface area contributed by atoms with Crippen molar-refractivity contribution in [3.05, 3.63) is 28.2 Å². The summed E-state index contributed by atoms with van der Waals surface area (Å²) in [5, 5.41) is 0. The van der Waals surface area contributed by atoms with Gasteiger partial charge in [-0.05, 0) is 30.7 Å². The Bertz CT molecular complexity index is 436. The van der Waals surface area contributed by atoms with Crippen LogP contribution in [-0.4, -0.2) is 23.9 Å². The number of rotatable bonds is 3. The zero-order valence-corrected chi connectivity index (χ0v) is 11.1. The summed E-state index contributed by atoms with van der Waals surface area (Å²) in [7, 11) is 0. The number of nitrogens with two attached hydrogens (primary N) is 2. The maximum absolute atomic E-state index is 11.1. The van der Waals surface area contributed by atoms with E-state index in [1.807, 2.05) is 18.2 Å². The van der Waals surface area contributed by atoms with Gasteiger partial charge in [-0.2, -0.15) is 0 Å². The quantitative estimate of drug-likeness (QED) is 0.827. The zero-order valence-electron chi connectivity index (χ0n) is 9.53. The van der Waals surface area contributed by atoms with Crippen LogP contribution in [-0.2, 0) is 11.3 Å². The van der Waals surface area contributed by atoms with Crippen molar-refractivity contribution >= 4 is 27.5 Å². The van der Waals surface area contributed by atoms with E-state index in [4.69, 9.17) is 11.5 Å². The first-order valence-electron chi connectivity index (χ1n) is 5.62. The van der Waals surface area contributed by atoms with Gasteiger partial charge in [-0.25, -0.2) is 0 Å². The van der Waals surface area contributed by atoms with Crippen molar-refractivity contribution in [3.63, 3.8) is 0 Å². The van der Waals surface area contributed by atoms with E-state index in [9.17, 15) is 4.79 Å². The van der Waals surface area contributed by atoms with Gasteiger partial charge in [0.05, 0.1) is 5.92 Å². The Balaban J connectivity index is 2.00. The third-order valence-corrected chi connectivity index (χ3v) is 3.67. The number of hydrogen-bond acceptors (Lipinski definition) is 3. The summed E-state index contributed by atoms with van der Waals surface area (Å²) in [6.07, 6.45) is 0.853. The molecule has 1 unspecified atom stereocenters. The molecule has 4 nitrogen and oxygen atoms in total. The van der Waals surface area contributed by atoms with Crippen molar-refractivity contribution < 1.29 is 4.79 Å². The lowest BCUT2D eigenvalue weighted by atomic mass is 10.1. The van der Waals surface area contributed by atoms with E-state index in [-0.39, 0.29) is 11.8 Å². The average molecular weight is 298 g/mol. The van der Waals surface area contributed by atoms with Gasteiger partial charge in [-0.15, -0.1) is 0 Å². The van der Waals surface area contributed by atoms with Crippen molar-refractivity contribution in [3.8, 4) is 0 Å². The summed E-state index contributed by atoms with van der Waals surface area (Å²) >= 11 is 3.38. The van der Waals surface area contributed by atoms with Crippen LogP contribution in [0.2, 0.25) is 0 Å². The molecule has 0 radical (unpaired) electrons. The lowest BCUT2D eigenvalue weighted by molar-refractivity contribution is -0.121. The van der Waals surface area contributed by atoms with Gasteiger partial charge in [0.25, 0.3) is 0 Å². The lowest BCUT2D eigenvalue weighted by Gasteiger charge is -2.16. The minimum atomic E-state index is -0.198. The number of amides is 1. The molecule has 0 spiro atoms. The molecule has 92 valence electrons. The number of likely N-dealkylation sites (tertiary alicyclic amines) is 1. The van der Waals surface area contributed by atoms with Gasteiger partial charge in [0.1, 0.15) is 0 Å². The average Bonchev–Trinajstić information content (AvgIpc) is 2.71. The summed E-state index contributed by atoms with van der Waals surface area (Å²) in [4.78, 5) is 13.3. The number of anilines is 1. The monoisotopic (exact) mass is 297 g/mol. The second-order valence-electron chi connectivity index (χ2n) is 4.47. The van der Waals surface area contributed by atoms with Gasteiger partial charge < -0.3 is 11.5 Å². The Kier molecular flexibility index (Phi) is 3.69. The van der Waals surface area contributed by atoms with Gasteiger partial charge in [0.15, 0.2) is 0 Å². The molecule has 2 rings (SSSR count). The maximum Gasteiger partial charge on any atom is 0.221 e. The summed E-state index contributed by atoms with van der Waals surface area (Å²) in [5.41, 5.74) is 13.1. The van der Waals surface area contributed by atoms with Crippen LogP contribution >= 0.6 is 15.9 Å². The highest BCUT2D eigenvalue weighted by atomic mass is 79.9. The first-order valence-corrected chi connectivity index (χ1v) is 6.41. The molecule has 4 N–H and O–H groups in total. The number of carbonyl (C=O) groups is 1. The highest BCUT2D eigenvalue weighted by Crippen LogP contribution is 2.23. The van der Waals surface area contributed by atoms with E-state index in [0.29, 0.717) is 0 Å². The van der Waals surface area contributed by atoms with E-state index < -0.39 is 0 Å². The molecular weight excluding hydrogens is 282 g/mol.